The molecular formula is C12H12BrF2N5O. The molecule has 0 bridgehead atoms. The van der Waals surface area contributed by atoms with Crippen molar-refractivity contribution in [2.24, 2.45) is 0 Å². The van der Waals surface area contributed by atoms with Gasteiger partial charge in [0.05, 0.1) is 16.8 Å². The number of ether oxygens (including phenoxy) is 1. The average Bonchev–Trinajstić information content (AvgIpc) is 2.42. The number of nitrogen functional groups attached to an aromatic ring is 1. The Morgan fingerprint density at radius 3 is 2.71 bits per heavy atom. The number of nitrogens with two attached hydrogens (primary N) is 1. The van der Waals surface area contributed by atoms with Gasteiger partial charge in [0.25, 0.3) is 0 Å². The second-order valence-electron chi connectivity index (χ2n) is 4.02. The third kappa shape index (κ3) is 3.97. The smallest absolute Gasteiger partial charge is 0.323 e. The number of anilines is 3. The number of aromatic nitrogens is 3. The molecule has 6 nitrogen and oxygen atoms in total. The van der Waals surface area contributed by atoms with Crippen molar-refractivity contribution in [3.63, 3.8) is 0 Å². The van der Waals surface area contributed by atoms with Crippen LogP contribution in [0.2, 0.25) is 0 Å². The first-order chi connectivity index (χ1) is 9.99. The van der Waals surface area contributed by atoms with Gasteiger partial charge in [-0.15, -0.1) is 0 Å². The van der Waals surface area contributed by atoms with E-state index in [1.807, 2.05) is 6.92 Å². The third-order valence-corrected chi connectivity index (χ3v) is 2.93. The van der Waals surface area contributed by atoms with E-state index in [0.717, 1.165) is 12.5 Å². The zero-order chi connectivity index (χ0) is 15.4. The number of benzene rings is 1. The van der Waals surface area contributed by atoms with E-state index in [4.69, 9.17) is 10.5 Å². The lowest BCUT2D eigenvalue weighted by molar-refractivity contribution is 0.292. The molecule has 0 aliphatic rings. The second kappa shape index (κ2) is 6.61. The van der Waals surface area contributed by atoms with Crippen LogP contribution in [0.25, 0.3) is 0 Å². The Labute approximate surface area is 127 Å². The van der Waals surface area contributed by atoms with E-state index in [2.05, 4.69) is 36.2 Å². The minimum atomic E-state index is -0.786. The predicted molar refractivity (Wildman–Crippen MR) is 77.4 cm³/mol. The number of nitrogens with one attached hydrogen (secondary N) is 1. The van der Waals surface area contributed by atoms with Crippen LogP contribution >= 0.6 is 15.9 Å². The first-order valence-corrected chi connectivity index (χ1v) is 6.84. The molecule has 0 saturated carbocycles. The molecule has 2 aromatic rings. The number of halogens is 3. The van der Waals surface area contributed by atoms with E-state index < -0.39 is 11.6 Å². The summed E-state index contributed by atoms with van der Waals surface area (Å²) in [6.45, 7) is 2.34. The first-order valence-electron chi connectivity index (χ1n) is 6.05. The molecule has 9 heteroatoms. The van der Waals surface area contributed by atoms with Crippen LogP contribution in [0.4, 0.5) is 26.4 Å². The van der Waals surface area contributed by atoms with Gasteiger partial charge in [-0.1, -0.05) is 6.92 Å². The molecule has 0 radical (unpaired) electrons. The molecule has 1 aromatic heterocycles. The van der Waals surface area contributed by atoms with Crippen molar-refractivity contribution < 1.29 is 13.5 Å². The highest BCUT2D eigenvalue weighted by molar-refractivity contribution is 9.10. The van der Waals surface area contributed by atoms with Crippen LogP contribution in [0.5, 0.6) is 6.01 Å². The Morgan fingerprint density at radius 1 is 1.24 bits per heavy atom. The summed E-state index contributed by atoms with van der Waals surface area (Å²) in [5.74, 6) is -1.56. The van der Waals surface area contributed by atoms with Crippen molar-refractivity contribution in [1.29, 1.82) is 0 Å². The Kier molecular flexibility index (Phi) is 4.84. The molecule has 1 aromatic carbocycles. The largest absolute Gasteiger partial charge is 0.463 e. The Bertz CT molecular complexity index is 656. The number of nitrogens with zero attached hydrogens (tertiary/aromatic N) is 3. The molecule has 0 amide bonds. The van der Waals surface area contributed by atoms with Gasteiger partial charge in [-0.3, -0.25) is 0 Å². The van der Waals surface area contributed by atoms with Crippen LogP contribution in [0, 0.1) is 11.6 Å². The zero-order valence-corrected chi connectivity index (χ0v) is 12.6. The van der Waals surface area contributed by atoms with Gasteiger partial charge in [0, 0.05) is 6.07 Å². The highest BCUT2D eigenvalue weighted by Gasteiger charge is 2.11. The van der Waals surface area contributed by atoms with E-state index in [1.54, 1.807) is 0 Å². The van der Waals surface area contributed by atoms with E-state index in [1.165, 1.54) is 6.07 Å². The molecule has 0 aliphatic carbocycles. The minimum Gasteiger partial charge on any atom is -0.463 e. The van der Waals surface area contributed by atoms with Gasteiger partial charge in [0.15, 0.2) is 0 Å². The Balaban J connectivity index is 2.27. The van der Waals surface area contributed by atoms with E-state index in [9.17, 15) is 8.78 Å². The normalized spacial score (nSPS) is 10.5. The highest BCUT2D eigenvalue weighted by atomic mass is 79.9. The molecular weight excluding hydrogens is 348 g/mol. The standard InChI is InChI=1S/C12H12BrF2N5O/c1-2-3-21-12-19-10(16)18-11(20-12)17-9-4-6(13)7(14)5-8(9)15/h4-5H,2-3H2,1H3,(H3,16,17,18,19,20). The maximum absolute atomic E-state index is 13.7. The van der Waals surface area contributed by atoms with Crippen molar-refractivity contribution in [1.82, 2.24) is 15.0 Å². The van der Waals surface area contributed by atoms with Crippen LogP contribution in [0.3, 0.4) is 0 Å². The fourth-order valence-corrected chi connectivity index (χ4v) is 1.77. The molecule has 0 spiro atoms. The maximum Gasteiger partial charge on any atom is 0.323 e. The summed E-state index contributed by atoms with van der Waals surface area (Å²) >= 11 is 2.97. The first kappa shape index (κ1) is 15.4. The Hall–Kier alpha value is -2.03. The molecule has 0 aliphatic heterocycles. The summed E-state index contributed by atoms with van der Waals surface area (Å²) in [6.07, 6.45) is 0.772. The molecule has 3 N–H and O–H groups in total. The summed E-state index contributed by atoms with van der Waals surface area (Å²) in [5, 5.41) is 2.60. The molecule has 21 heavy (non-hydrogen) atoms. The molecule has 0 saturated heterocycles. The zero-order valence-electron chi connectivity index (χ0n) is 11.0. The van der Waals surface area contributed by atoms with Gasteiger partial charge in [-0.2, -0.15) is 15.0 Å². The summed E-state index contributed by atoms with van der Waals surface area (Å²) < 4.78 is 32.2. The van der Waals surface area contributed by atoms with E-state index in [-0.39, 0.29) is 28.1 Å². The average molecular weight is 360 g/mol. The lowest BCUT2D eigenvalue weighted by Gasteiger charge is -2.09. The summed E-state index contributed by atoms with van der Waals surface area (Å²) in [4.78, 5) is 11.6. The van der Waals surface area contributed by atoms with Crippen LogP contribution in [-0.2, 0) is 0 Å². The van der Waals surface area contributed by atoms with Gasteiger partial charge in [0.2, 0.25) is 11.9 Å². The maximum atomic E-state index is 13.7. The Morgan fingerprint density at radius 2 is 2.00 bits per heavy atom. The quantitative estimate of drug-likeness (QED) is 0.798. The monoisotopic (exact) mass is 359 g/mol. The topological polar surface area (TPSA) is 86.0 Å². The lowest BCUT2D eigenvalue weighted by atomic mass is 10.3. The predicted octanol–water partition coefficient (Wildman–Crippen LogP) is 3.03. The van der Waals surface area contributed by atoms with Crippen LogP contribution in [0.15, 0.2) is 16.6 Å². The lowest BCUT2D eigenvalue weighted by Crippen LogP contribution is -2.08. The van der Waals surface area contributed by atoms with Gasteiger partial charge in [-0.25, -0.2) is 8.78 Å². The number of hydrogen-bond acceptors (Lipinski definition) is 6. The van der Waals surface area contributed by atoms with Crippen molar-refractivity contribution >= 4 is 33.5 Å². The fourth-order valence-electron chi connectivity index (χ4n) is 1.42. The fraction of sp³-hybridized carbons (Fsp3) is 0.250. The van der Waals surface area contributed by atoms with Gasteiger partial charge in [-0.05, 0) is 28.4 Å². The minimum absolute atomic E-state index is 0.00434. The van der Waals surface area contributed by atoms with Crippen molar-refractivity contribution in [3.8, 4) is 6.01 Å². The van der Waals surface area contributed by atoms with Crippen molar-refractivity contribution in [3.05, 3.63) is 28.2 Å². The SMILES string of the molecule is CCCOc1nc(N)nc(Nc2cc(Br)c(F)cc2F)n1. The van der Waals surface area contributed by atoms with Crippen LogP contribution in [-0.4, -0.2) is 21.6 Å². The second-order valence-corrected chi connectivity index (χ2v) is 4.87. The van der Waals surface area contributed by atoms with Gasteiger partial charge < -0.3 is 15.8 Å². The van der Waals surface area contributed by atoms with Gasteiger partial charge >= 0.3 is 6.01 Å². The van der Waals surface area contributed by atoms with E-state index >= 15 is 0 Å². The highest BCUT2D eigenvalue weighted by Crippen LogP contribution is 2.25. The molecule has 0 unspecified atom stereocenters. The molecule has 0 fully saturated rings. The van der Waals surface area contributed by atoms with Crippen LogP contribution < -0.4 is 15.8 Å². The van der Waals surface area contributed by atoms with E-state index in [0.29, 0.717) is 6.61 Å². The van der Waals surface area contributed by atoms with Crippen LogP contribution in [0.1, 0.15) is 13.3 Å². The molecule has 0 atom stereocenters. The number of rotatable bonds is 5. The summed E-state index contributed by atoms with van der Waals surface area (Å²) in [5.41, 5.74) is 5.53. The molecule has 2 rings (SSSR count). The summed E-state index contributed by atoms with van der Waals surface area (Å²) in [7, 11) is 0. The van der Waals surface area contributed by atoms with Crippen molar-refractivity contribution in [2.75, 3.05) is 17.7 Å². The summed E-state index contributed by atoms with van der Waals surface area (Å²) in [6, 6.07) is 2.01. The van der Waals surface area contributed by atoms with Gasteiger partial charge in [0.1, 0.15) is 11.6 Å². The third-order valence-electron chi connectivity index (χ3n) is 2.32. The molecule has 1 heterocycles. The van der Waals surface area contributed by atoms with Crippen molar-refractivity contribution in [2.45, 2.75) is 13.3 Å². The molecule has 112 valence electrons. The number of hydrogen-bond donors (Lipinski definition) is 2.